The van der Waals surface area contributed by atoms with Crippen molar-refractivity contribution in [3.63, 3.8) is 0 Å². The Kier molecular flexibility index (Phi) is 4.78. The van der Waals surface area contributed by atoms with Crippen LogP contribution in [0.5, 0.6) is 0 Å². The van der Waals surface area contributed by atoms with Gasteiger partial charge in [-0.15, -0.1) is 0 Å². The minimum absolute atomic E-state index is 0.0446. The fraction of sp³-hybridized carbons (Fsp3) is 0.750. The van der Waals surface area contributed by atoms with E-state index >= 15 is 0 Å². The molecule has 2 atom stereocenters. The third-order valence-corrected chi connectivity index (χ3v) is 4.74. The zero-order valence-corrected chi connectivity index (χ0v) is 13.4. The van der Waals surface area contributed by atoms with Crippen LogP contribution in [0.3, 0.4) is 0 Å². The van der Waals surface area contributed by atoms with Crippen molar-refractivity contribution in [2.75, 3.05) is 25.1 Å². The first-order valence-corrected chi connectivity index (χ1v) is 8.23. The second-order valence-corrected chi connectivity index (χ2v) is 6.17. The van der Waals surface area contributed by atoms with Crippen LogP contribution in [0.15, 0.2) is 6.07 Å². The predicted molar refractivity (Wildman–Crippen MR) is 82.8 cm³/mol. The second-order valence-electron chi connectivity index (χ2n) is 6.17. The summed E-state index contributed by atoms with van der Waals surface area (Å²) >= 11 is 0. The van der Waals surface area contributed by atoms with Crippen LogP contribution in [0.1, 0.15) is 44.2 Å². The molecule has 0 aliphatic carbocycles. The summed E-state index contributed by atoms with van der Waals surface area (Å²) in [6.45, 7) is 4.32. The SMILES string of the molecule is CC[C@@H]1OCC[C@H]1C(=O)Nc1cc(C2CCOCC2)nn1C. The Morgan fingerprint density at radius 2 is 2.14 bits per heavy atom. The molecule has 0 saturated carbocycles. The van der Waals surface area contributed by atoms with Crippen molar-refractivity contribution in [3.8, 4) is 0 Å². The highest BCUT2D eigenvalue weighted by Gasteiger charge is 2.33. The molecule has 2 aliphatic heterocycles. The lowest BCUT2D eigenvalue weighted by Crippen LogP contribution is -2.29. The summed E-state index contributed by atoms with van der Waals surface area (Å²) in [7, 11) is 1.88. The van der Waals surface area contributed by atoms with Gasteiger partial charge in [-0.1, -0.05) is 6.92 Å². The summed E-state index contributed by atoms with van der Waals surface area (Å²) in [5.74, 6) is 1.20. The topological polar surface area (TPSA) is 65.4 Å². The molecule has 22 heavy (non-hydrogen) atoms. The first-order chi connectivity index (χ1) is 10.7. The van der Waals surface area contributed by atoms with Crippen molar-refractivity contribution >= 4 is 11.7 Å². The van der Waals surface area contributed by atoms with E-state index in [0.717, 1.165) is 50.4 Å². The van der Waals surface area contributed by atoms with Gasteiger partial charge in [-0.05, 0) is 25.7 Å². The van der Waals surface area contributed by atoms with Crippen LogP contribution < -0.4 is 5.32 Å². The zero-order chi connectivity index (χ0) is 15.5. The number of carbonyl (C=O) groups is 1. The predicted octanol–water partition coefficient (Wildman–Crippen LogP) is 2.07. The highest BCUT2D eigenvalue weighted by molar-refractivity contribution is 5.92. The quantitative estimate of drug-likeness (QED) is 0.925. The molecule has 2 fully saturated rings. The zero-order valence-electron chi connectivity index (χ0n) is 13.4. The van der Waals surface area contributed by atoms with Gasteiger partial charge in [-0.25, -0.2) is 0 Å². The van der Waals surface area contributed by atoms with E-state index in [4.69, 9.17) is 9.47 Å². The number of aryl methyl sites for hydroxylation is 1. The third kappa shape index (κ3) is 3.17. The lowest BCUT2D eigenvalue weighted by molar-refractivity contribution is -0.121. The summed E-state index contributed by atoms with van der Waals surface area (Å²) in [5, 5.41) is 7.59. The molecule has 6 heteroatoms. The number of nitrogens with zero attached hydrogens (tertiary/aromatic N) is 2. The average Bonchev–Trinajstić information content (AvgIpc) is 3.15. The van der Waals surface area contributed by atoms with Gasteiger partial charge < -0.3 is 14.8 Å². The van der Waals surface area contributed by atoms with Gasteiger partial charge in [0, 0.05) is 38.9 Å². The van der Waals surface area contributed by atoms with Gasteiger partial charge in [0.15, 0.2) is 0 Å². The number of aromatic nitrogens is 2. The van der Waals surface area contributed by atoms with Gasteiger partial charge in [-0.2, -0.15) is 5.10 Å². The number of hydrogen-bond acceptors (Lipinski definition) is 4. The van der Waals surface area contributed by atoms with Crippen molar-refractivity contribution in [3.05, 3.63) is 11.8 Å². The molecule has 122 valence electrons. The van der Waals surface area contributed by atoms with Crippen molar-refractivity contribution in [1.82, 2.24) is 9.78 Å². The molecule has 0 spiro atoms. The lowest BCUT2D eigenvalue weighted by atomic mass is 9.96. The van der Waals surface area contributed by atoms with Gasteiger partial charge in [-0.3, -0.25) is 9.48 Å². The molecular weight excluding hydrogens is 282 g/mol. The second kappa shape index (κ2) is 6.79. The van der Waals surface area contributed by atoms with E-state index in [2.05, 4.69) is 17.3 Å². The van der Waals surface area contributed by atoms with Crippen molar-refractivity contribution in [1.29, 1.82) is 0 Å². The van der Waals surface area contributed by atoms with E-state index in [1.807, 2.05) is 13.1 Å². The highest BCUT2D eigenvalue weighted by Crippen LogP contribution is 2.29. The molecule has 0 bridgehead atoms. The van der Waals surface area contributed by atoms with E-state index in [1.54, 1.807) is 4.68 Å². The maximum Gasteiger partial charge on any atom is 0.231 e. The van der Waals surface area contributed by atoms with Crippen LogP contribution in [0, 0.1) is 5.92 Å². The molecule has 0 aromatic carbocycles. The molecule has 3 rings (SSSR count). The minimum Gasteiger partial charge on any atom is -0.381 e. The molecule has 0 radical (unpaired) electrons. The number of amides is 1. The molecule has 1 aromatic rings. The van der Waals surface area contributed by atoms with Crippen LogP contribution in [-0.2, 0) is 21.3 Å². The highest BCUT2D eigenvalue weighted by atomic mass is 16.5. The first-order valence-electron chi connectivity index (χ1n) is 8.23. The van der Waals surface area contributed by atoms with Crippen molar-refractivity contribution < 1.29 is 14.3 Å². The summed E-state index contributed by atoms with van der Waals surface area (Å²) < 4.78 is 12.8. The van der Waals surface area contributed by atoms with E-state index in [9.17, 15) is 4.79 Å². The molecule has 3 heterocycles. The number of rotatable bonds is 4. The normalized spacial score (nSPS) is 26.3. The monoisotopic (exact) mass is 307 g/mol. The van der Waals surface area contributed by atoms with Gasteiger partial charge in [0.1, 0.15) is 5.82 Å². The number of carbonyl (C=O) groups excluding carboxylic acids is 1. The molecule has 0 unspecified atom stereocenters. The Bertz CT molecular complexity index is 523. The maximum atomic E-state index is 12.5. The number of nitrogens with one attached hydrogen (secondary N) is 1. The van der Waals surface area contributed by atoms with E-state index < -0.39 is 0 Å². The van der Waals surface area contributed by atoms with Gasteiger partial charge in [0.05, 0.1) is 17.7 Å². The summed E-state index contributed by atoms with van der Waals surface area (Å²) in [4.78, 5) is 12.5. The fourth-order valence-electron chi connectivity index (χ4n) is 3.37. The van der Waals surface area contributed by atoms with E-state index in [0.29, 0.717) is 12.5 Å². The van der Waals surface area contributed by atoms with E-state index in [-0.39, 0.29) is 17.9 Å². The Morgan fingerprint density at radius 3 is 2.86 bits per heavy atom. The van der Waals surface area contributed by atoms with Crippen LogP contribution in [-0.4, -0.2) is 41.6 Å². The minimum atomic E-state index is -0.0496. The maximum absolute atomic E-state index is 12.5. The molecule has 6 nitrogen and oxygen atoms in total. The summed E-state index contributed by atoms with van der Waals surface area (Å²) in [6, 6.07) is 2.00. The van der Waals surface area contributed by atoms with E-state index in [1.165, 1.54) is 0 Å². The first kappa shape index (κ1) is 15.5. The van der Waals surface area contributed by atoms with Gasteiger partial charge >= 0.3 is 0 Å². The molecular formula is C16H25N3O3. The number of ether oxygens (including phenoxy) is 2. The Balaban J connectivity index is 1.67. The number of hydrogen-bond donors (Lipinski definition) is 1. The largest absolute Gasteiger partial charge is 0.381 e. The lowest BCUT2D eigenvalue weighted by Gasteiger charge is -2.19. The Hall–Kier alpha value is -1.40. The summed E-state index contributed by atoms with van der Waals surface area (Å²) in [6.07, 6.45) is 3.71. The van der Waals surface area contributed by atoms with Crippen LogP contribution in [0.2, 0.25) is 0 Å². The van der Waals surface area contributed by atoms with Crippen LogP contribution in [0.25, 0.3) is 0 Å². The smallest absolute Gasteiger partial charge is 0.231 e. The van der Waals surface area contributed by atoms with Crippen LogP contribution >= 0.6 is 0 Å². The van der Waals surface area contributed by atoms with Crippen molar-refractivity contribution in [2.45, 2.75) is 44.6 Å². The molecule has 1 N–H and O–H groups in total. The Labute approximate surface area is 131 Å². The average molecular weight is 307 g/mol. The fourth-order valence-corrected chi connectivity index (χ4v) is 3.37. The van der Waals surface area contributed by atoms with Gasteiger partial charge in [0.25, 0.3) is 0 Å². The number of anilines is 1. The molecule has 2 saturated heterocycles. The third-order valence-electron chi connectivity index (χ3n) is 4.74. The molecule has 1 amide bonds. The Morgan fingerprint density at radius 1 is 1.36 bits per heavy atom. The van der Waals surface area contributed by atoms with Crippen molar-refractivity contribution in [2.24, 2.45) is 13.0 Å². The molecule has 1 aromatic heterocycles. The summed E-state index contributed by atoms with van der Waals surface area (Å²) in [5.41, 5.74) is 1.05. The molecule has 2 aliphatic rings. The van der Waals surface area contributed by atoms with Crippen LogP contribution in [0.4, 0.5) is 5.82 Å². The standard InChI is InChI=1S/C16H25N3O3/c1-3-14-12(6-9-22-14)16(20)17-15-10-13(18-19(15)2)11-4-7-21-8-5-11/h10-12,14H,3-9H2,1-2H3,(H,17,20)/t12-,14+/m1/s1. The van der Waals surface area contributed by atoms with Gasteiger partial charge in [0.2, 0.25) is 5.91 Å².